The first-order valence-electron chi connectivity index (χ1n) is 18.9. The molecule has 0 aromatic heterocycles. The van der Waals surface area contributed by atoms with Crippen molar-refractivity contribution in [2.75, 3.05) is 32.8 Å². The molecule has 0 amide bonds. The van der Waals surface area contributed by atoms with Crippen LogP contribution in [0, 0.1) is 0 Å². The third kappa shape index (κ3) is 33.0. The van der Waals surface area contributed by atoms with Crippen molar-refractivity contribution < 1.29 is 18.5 Å². The summed E-state index contributed by atoms with van der Waals surface area (Å²) in [4.78, 5) is 12.7. The molecule has 0 spiro atoms. The summed E-state index contributed by atoms with van der Waals surface area (Å²) in [7, 11) is -3.90. The fourth-order valence-electron chi connectivity index (χ4n) is 5.70. The van der Waals surface area contributed by atoms with E-state index in [2.05, 4.69) is 25.7 Å². The minimum Gasteiger partial charge on any atom is -0.303 e. The van der Waals surface area contributed by atoms with Crippen molar-refractivity contribution in [3.05, 3.63) is 0 Å². The molecule has 42 heavy (non-hydrogen) atoms. The minimum absolute atomic E-state index is 0.311. The van der Waals surface area contributed by atoms with E-state index in [0.29, 0.717) is 13.2 Å². The largest absolute Gasteiger partial charge is 0.472 e. The van der Waals surface area contributed by atoms with Crippen molar-refractivity contribution in [2.45, 2.75) is 201 Å². The highest BCUT2D eigenvalue weighted by Gasteiger charge is 2.20. The van der Waals surface area contributed by atoms with Crippen LogP contribution in [0.4, 0.5) is 0 Å². The summed E-state index contributed by atoms with van der Waals surface area (Å²) in [6.45, 7) is 11.1. The van der Waals surface area contributed by atoms with Crippen LogP contribution in [0.1, 0.15) is 201 Å². The molecule has 0 fully saturated rings. The first-order valence-corrected chi connectivity index (χ1v) is 20.4. The Morgan fingerprint density at radius 1 is 0.405 bits per heavy atom. The first-order chi connectivity index (χ1) is 20.6. The zero-order valence-corrected chi connectivity index (χ0v) is 29.8. The molecular formula is C36H76NO4P. The maximum Gasteiger partial charge on any atom is 0.472 e. The topological polar surface area (TPSA) is 59.0 Å². The molecule has 0 radical (unpaired) electrons. The SMILES string of the molecule is CCCCCCCCCCCCOP(=O)(O)OCCCCCCN(CCCCCCCCC)CCCCCCCCC. The lowest BCUT2D eigenvalue weighted by atomic mass is 10.1. The molecule has 1 atom stereocenters. The van der Waals surface area contributed by atoms with Gasteiger partial charge < -0.3 is 9.79 Å². The number of hydrogen-bond acceptors (Lipinski definition) is 4. The van der Waals surface area contributed by atoms with Crippen LogP contribution in [-0.4, -0.2) is 42.6 Å². The Morgan fingerprint density at radius 3 is 0.929 bits per heavy atom. The van der Waals surface area contributed by atoms with Crippen LogP contribution < -0.4 is 0 Å². The van der Waals surface area contributed by atoms with Gasteiger partial charge in [-0.1, -0.05) is 168 Å². The first kappa shape index (κ1) is 42.1. The van der Waals surface area contributed by atoms with Crippen LogP contribution >= 0.6 is 7.82 Å². The minimum atomic E-state index is -3.90. The molecular weight excluding hydrogens is 541 g/mol. The Bertz CT molecular complexity index is 545. The number of hydrogen-bond donors (Lipinski definition) is 1. The second kappa shape index (κ2) is 34.0. The summed E-state index contributed by atoms with van der Waals surface area (Å²) >= 11 is 0. The Labute approximate surface area is 264 Å². The number of phosphoric ester groups is 1. The van der Waals surface area contributed by atoms with Gasteiger partial charge in [-0.3, -0.25) is 9.05 Å². The summed E-state index contributed by atoms with van der Waals surface area (Å²) in [5.74, 6) is 0. The van der Waals surface area contributed by atoms with Crippen LogP contribution in [0.2, 0.25) is 0 Å². The third-order valence-electron chi connectivity index (χ3n) is 8.53. The molecule has 0 aromatic carbocycles. The van der Waals surface area contributed by atoms with E-state index in [-0.39, 0.29) is 0 Å². The Kier molecular flexibility index (Phi) is 34.0. The molecule has 0 saturated carbocycles. The molecule has 5 nitrogen and oxygen atoms in total. The van der Waals surface area contributed by atoms with Crippen molar-refractivity contribution >= 4 is 7.82 Å². The molecule has 0 saturated heterocycles. The van der Waals surface area contributed by atoms with Gasteiger partial charge in [0.1, 0.15) is 0 Å². The zero-order valence-electron chi connectivity index (χ0n) is 28.9. The predicted octanol–water partition coefficient (Wildman–Crippen LogP) is 12.4. The monoisotopic (exact) mass is 618 g/mol. The van der Waals surface area contributed by atoms with Gasteiger partial charge in [0.2, 0.25) is 0 Å². The molecule has 0 aliphatic rings. The Hall–Kier alpha value is 0.0700. The van der Waals surface area contributed by atoms with Crippen molar-refractivity contribution in [3.8, 4) is 0 Å². The summed E-state index contributed by atoms with van der Waals surface area (Å²) in [6, 6.07) is 0. The Morgan fingerprint density at radius 2 is 0.643 bits per heavy atom. The second-order valence-electron chi connectivity index (χ2n) is 12.8. The fraction of sp³-hybridized carbons (Fsp3) is 1.00. The molecule has 0 rings (SSSR count). The van der Waals surface area contributed by atoms with Crippen LogP contribution in [0.3, 0.4) is 0 Å². The van der Waals surface area contributed by atoms with E-state index < -0.39 is 7.82 Å². The van der Waals surface area contributed by atoms with E-state index in [1.165, 1.54) is 167 Å². The van der Waals surface area contributed by atoms with E-state index in [0.717, 1.165) is 32.1 Å². The van der Waals surface area contributed by atoms with Crippen molar-refractivity contribution in [2.24, 2.45) is 0 Å². The standard InChI is InChI=1S/C36H76NO4P/c1-4-7-10-13-16-17-18-21-25-30-35-40-42(38,39)41-36-31-26-24-29-34-37(32-27-22-19-14-11-8-5-2)33-28-23-20-15-12-9-6-3/h4-36H2,1-3H3,(H,38,39). The van der Waals surface area contributed by atoms with Gasteiger partial charge in [0, 0.05) is 0 Å². The van der Waals surface area contributed by atoms with E-state index in [4.69, 9.17) is 9.05 Å². The lowest BCUT2D eigenvalue weighted by molar-refractivity contribution is 0.145. The van der Waals surface area contributed by atoms with Crippen molar-refractivity contribution in [1.82, 2.24) is 4.90 Å². The van der Waals surface area contributed by atoms with Gasteiger partial charge in [-0.15, -0.1) is 0 Å². The van der Waals surface area contributed by atoms with Crippen LogP contribution in [-0.2, 0) is 13.6 Å². The average Bonchev–Trinajstić information content (AvgIpc) is 2.98. The van der Waals surface area contributed by atoms with Gasteiger partial charge in [-0.05, 0) is 51.7 Å². The fourth-order valence-corrected chi connectivity index (χ4v) is 6.49. The van der Waals surface area contributed by atoms with Crippen molar-refractivity contribution in [3.63, 3.8) is 0 Å². The van der Waals surface area contributed by atoms with Gasteiger partial charge >= 0.3 is 7.82 Å². The van der Waals surface area contributed by atoms with Gasteiger partial charge in [0.15, 0.2) is 0 Å². The number of phosphoric acid groups is 1. The second-order valence-corrected chi connectivity index (χ2v) is 14.3. The number of nitrogens with zero attached hydrogens (tertiary/aromatic N) is 1. The van der Waals surface area contributed by atoms with Crippen LogP contribution in [0.5, 0.6) is 0 Å². The predicted molar refractivity (Wildman–Crippen MR) is 184 cm³/mol. The Balaban J connectivity index is 3.88. The van der Waals surface area contributed by atoms with E-state index in [1.54, 1.807) is 0 Å². The number of rotatable bonds is 36. The highest BCUT2D eigenvalue weighted by molar-refractivity contribution is 7.47. The maximum atomic E-state index is 12.2. The van der Waals surface area contributed by atoms with E-state index >= 15 is 0 Å². The summed E-state index contributed by atoms with van der Waals surface area (Å²) in [5, 5.41) is 0. The molecule has 254 valence electrons. The van der Waals surface area contributed by atoms with Gasteiger partial charge in [-0.2, -0.15) is 0 Å². The molecule has 6 heteroatoms. The average molecular weight is 618 g/mol. The third-order valence-corrected chi connectivity index (χ3v) is 9.55. The molecule has 0 aliphatic heterocycles. The van der Waals surface area contributed by atoms with Gasteiger partial charge in [0.25, 0.3) is 0 Å². The van der Waals surface area contributed by atoms with Gasteiger partial charge in [-0.25, -0.2) is 4.57 Å². The van der Waals surface area contributed by atoms with E-state index in [1.807, 2.05) is 0 Å². The summed E-state index contributed by atoms with van der Waals surface area (Å²) in [5.41, 5.74) is 0. The smallest absolute Gasteiger partial charge is 0.303 e. The maximum absolute atomic E-state index is 12.2. The van der Waals surface area contributed by atoms with Gasteiger partial charge in [0.05, 0.1) is 13.2 Å². The normalized spacial score (nSPS) is 13.3. The molecule has 0 bridgehead atoms. The number of unbranched alkanes of at least 4 members (excludes halogenated alkanes) is 24. The molecule has 0 aliphatic carbocycles. The lowest BCUT2D eigenvalue weighted by Crippen LogP contribution is -2.27. The van der Waals surface area contributed by atoms with Crippen molar-refractivity contribution in [1.29, 1.82) is 0 Å². The quantitative estimate of drug-likeness (QED) is 0.0560. The highest BCUT2D eigenvalue weighted by atomic mass is 31.2. The highest BCUT2D eigenvalue weighted by Crippen LogP contribution is 2.43. The van der Waals surface area contributed by atoms with Crippen LogP contribution in [0.15, 0.2) is 0 Å². The molecule has 0 heterocycles. The van der Waals surface area contributed by atoms with E-state index in [9.17, 15) is 9.46 Å². The lowest BCUT2D eigenvalue weighted by Gasteiger charge is -2.22. The molecule has 1 unspecified atom stereocenters. The summed E-state index contributed by atoms with van der Waals surface area (Å²) in [6.07, 6.45) is 35.8. The van der Waals surface area contributed by atoms with Crippen LogP contribution in [0.25, 0.3) is 0 Å². The zero-order chi connectivity index (χ0) is 30.8. The summed E-state index contributed by atoms with van der Waals surface area (Å²) < 4.78 is 22.6. The molecule has 1 N–H and O–H groups in total. The molecule has 0 aromatic rings.